The Morgan fingerprint density at radius 1 is 1.03 bits per heavy atom. The number of carbonyl (C=O) groups is 1. The Kier molecular flexibility index (Phi) is 5.53. The number of nitrogens with one attached hydrogen (secondary N) is 1. The number of ether oxygens (including phenoxy) is 3. The highest BCUT2D eigenvalue weighted by atomic mass is 16.7. The van der Waals surface area contributed by atoms with Crippen LogP contribution in [0.1, 0.15) is 18.1 Å². The van der Waals surface area contributed by atoms with Gasteiger partial charge in [0.15, 0.2) is 17.6 Å². The van der Waals surface area contributed by atoms with Crippen LogP contribution in [0.25, 0.3) is 11.1 Å². The van der Waals surface area contributed by atoms with E-state index in [1.165, 1.54) is 0 Å². The van der Waals surface area contributed by atoms with E-state index < -0.39 is 6.10 Å². The Labute approximate surface area is 174 Å². The van der Waals surface area contributed by atoms with Crippen molar-refractivity contribution < 1.29 is 19.0 Å². The van der Waals surface area contributed by atoms with Gasteiger partial charge in [-0.15, -0.1) is 0 Å². The average Bonchev–Trinajstić information content (AvgIpc) is 3.26. The van der Waals surface area contributed by atoms with E-state index in [0.717, 1.165) is 16.7 Å². The zero-order valence-corrected chi connectivity index (χ0v) is 16.4. The SMILES string of the molecule is CC(Oc1ccc(-c2ccc(C#N)cc2)cc1)C(=O)NCc1ccc2c(c1)OCO2. The zero-order chi connectivity index (χ0) is 20.9. The largest absolute Gasteiger partial charge is 0.481 e. The van der Waals surface area contributed by atoms with Gasteiger partial charge in [0.25, 0.3) is 5.91 Å². The number of nitriles is 1. The number of carbonyl (C=O) groups excluding carboxylic acids is 1. The first kappa shape index (κ1) is 19.3. The Bertz CT molecular complexity index is 1090. The van der Waals surface area contributed by atoms with Crippen molar-refractivity contribution >= 4 is 5.91 Å². The van der Waals surface area contributed by atoms with Gasteiger partial charge in [-0.05, 0) is 60.0 Å². The molecule has 1 N–H and O–H groups in total. The lowest BCUT2D eigenvalue weighted by atomic mass is 10.0. The molecule has 0 radical (unpaired) electrons. The molecule has 0 fully saturated rings. The van der Waals surface area contributed by atoms with Crippen LogP contribution in [-0.2, 0) is 11.3 Å². The van der Waals surface area contributed by atoms with Crippen molar-refractivity contribution in [3.05, 3.63) is 77.9 Å². The Hall–Kier alpha value is -3.98. The van der Waals surface area contributed by atoms with Crippen LogP contribution in [0.2, 0.25) is 0 Å². The number of hydrogen-bond donors (Lipinski definition) is 1. The number of fused-ring (bicyclic) bond motifs is 1. The van der Waals surface area contributed by atoms with E-state index in [2.05, 4.69) is 11.4 Å². The van der Waals surface area contributed by atoms with Gasteiger partial charge in [-0.1, -0.05) is 30.3 Å². The van der Waals surface area contributed by atoms with Gasteiger partial charge < -0.3 is 19.5 Å². The molecule has 6 nitrogen and oxygen atoms in total. The molecule has 1 unspecified atom stereocenters. The van der Waals surface area contributed by atoms with E-state index in [9.17, 15) is 4.79 Å². The molecule has 30 heavy (non-hydrogen) atoms. The Morgan fingerprint density at radius 2 is 1.70 bits per heavy atom. The molecule has 0 spiro atoms. The minimum atomic E-state index is -0.639. The highest BCUT2D eigenvalue weighted by Gasteiger charge is 2.16. The van der Waals surface area contributed by atoms with Gasteiger partial charge in [-0.25, -0.2) is 0 Å². The molecule has 3 aromatic carbocycles. The topological polar surface area (TPSA) is 80.6 Å². The van der Waals surface area contributed by atoms with Gasteiger partial charge in [0, 0.05) is 6.54 Å². The van der Waals surface area contributed by atoms with Crippen LogP contribution < -0.4 is 19.5 Å². The van der Waals surface area contributed by atoms with E-state index >= 15 is 0 Å². The fourth-order valence-corrected chi connectivity index (χ4v) is 3.10. The lowest BCUT2D eigenvalue weighted by Crippen LogP contribution is -2.35. The summed E-state index contributed by atoms with van der Waals surface area (Å²) in [4.78, 5) is 12.4. The Morgan fingerprint density at radius 3 is 2.40 bits per heavy atom. The first-order chi connectivity index (χ1) is 14.6. The molecule has 6 heteroatoms. The highest BCUT2D eigenvalue weighted by Crippen LogP contribution is 2.32. The van der Waals surface area contributed by atoms with E-state index in [0.29, 0.717) is 29.4 Å². The zero-order valence-electron chi connectivity index (χ0n) is 16.4. The van der Waals surface area contributed by atoms with Gasteiger partial charge in [-0.2, -0.15) is 5.26 Å². The third-order valence-corrected chi connectivity index (χ3v) is 4.79. The molecule has 0 saturated carbocycles. The van der Waals surface area contributed by atoms with E-state index in [-0.39, 0.29) is 12.7 Å². The van der Waals surface area contributed by atoms with Crippen LogP contribution in [0.4, 0.5) is 0 Å². The molecule has 1 amide bonds. The number of amides is 1. The maximum atomic E-state index is 12.4. The maximum Gasteiger partial charge on any atom is 0.261 e. The van der Waals surface area contributed by atoms with Crippen molar-refractivity contribution in [2.75, 3.05) is 6.79 Å². The second-order valence-corrected chi connectivity index (χ2v) is 6.88. The molecule has 1 aliphatic heterocycles. The number of rotatable bonds is 6. The molecule has 1 atom stereocenters. The maximum absolute atomic E-state index is 12.4. The van der Waals surface area contributed by atoms with Gasteiger partial charge in [0.2, 0.25) is 6.79 Å². The van der Waals surface area contributed by atoms with E-state index in [4.69, 9.17) is 19.5 Å². The molecular formula is C24H20N2O4. The fraction of sp³-hybridized carbons (Fsp3) is 0.167. The van der Waals surface area contributed by atoms with Crippen LogP contribution in [0.3, 0.4) is 0 Å². The minimum absolute atomic E-state index is 0.205. The van der Waals surface area contributed by atoms with Crippen molar-refractivity contribution in [1.29, 1.82) is 5.26 Å². The number of nitrogens with zero attached hydrogens (tertiary/aromatic N) is 1. The third-order valence-electron chi connectivity index (χ3n) is 4.79. The van der Waals surface area contributed by atoms with Crippen molar-refractivity contribution in [1.82, 2.24) is 5.32 Å². The number of hydrogen-bond acceptors (Lipinski definition) is 5. The predicted molar refractivity (Wildman–Crippen MR) is 111 cm³/mol. The van der Waals surface area contributed by atoms with Crippen molar-refractivity contribution in [2.45, 2.75) is 19.6 Å². The van der Waals surface area contributed by atoms with Crippen LogP contribution in [0.5, 0.6) is 17.2 Å². The minimum Gasteiger partial charge on any atom is -0.481 e. The van der Waals surface area contributed by atoms with Crippen LogP contribution in [0, 0.1) is 11.3 Å². The molecule has 0 aliphatic carbocycles. The molecule has 4 rings (SSSR count). The Balaban J connectivity index is 1.32. The van der Waals surface area contributed by atoms with E-state index in [1.807, 2.05) is 54.6 Å². The molecule has 150 valence electrons. The van der Waals surface area contributed by atoms with Gasteiger partial charge in [0.1, 0.15) is 5.75 Å². The fourth-order valence-electron chi connectivity index (χ4n) is 3.10. The van der Waals surface area contributed by atoms with Crippen LogP contribution in [0.15, 0.2) is 66.7 Å². The first-order valence-corrected chi connectivity index (χ1v) is 9.56. The smallest absolute Gasteiger partial charge is 0.261 e. The van der Waals surface area contributed by atoms with Gasteiger partial charge >= 0.3 is 0 Å². The summed E-state index contributed by atoms with van der Waals surface area (Å²) >= 11 is 0. The van der Waals surface area contributed by atoms with Crippen LogP contribution in [-0.4, -0.2) is 18.8 Å². The summed E-state index contributed by atoms with van der Waals surface area (Å²) in [5.74, 6) is 1.81. The lowest BCUT2D eigenvalue weighted by Gasteiger charge is -2.15. The third kappa shape index (κ3) is 4.36. The predicted octanol–water partition coefficient (Wildman–Crippen LogP) is 4.04. The van der Waals surface area contributed by atoms with Gasteiger partial charge in [0.05, 0.1) is 11.6 Å². The summed E-state index contributed by atoms with van der Waals surface area (Å²) in [6.07, 6.45) is -0.639. The van der Waals surface area contributed by atoms with Gasteiger partial charge in [-0.3, -0.25) is 4.79 Å². The van der Waals surface area contributed by atoms with Crippen molar-refractivity contribution in [3.63, 3.8) is 0 Å². The molecule has 0 aromatic heterocycles. The normalized spacial score (nSPS) is 12.7. The highest BCUT2D eigenvalue weighted by molar-refractivity contribution is 5.80. The summed E-state index contributed by atoms with van der Waals surface area (Å²) < 4.78 is 16.4. The second kappa shape index (κ2) is 8.58. The molecule has 3 aromatic rings. The van der Waals surface area contributed by atoms with E-state index in [1.54, 1.807) is 19.1 Å². The second-order valence-electron chi connectivity index (χ2n) is 6.88. The monoisotopic (exact) mass is 400 g/mol. The summed E-state index contributed by atoms with van der Waals surface area (Å²) in [5, 5.41) is 11.8. The summed E-state index contributed by atoms with van der Waals surface area (Å²) in [6, 6.07) is 22.6. The van der Waals surface area contributed by atoms with Crippen LogP contribution >= 0.6 is 0 Å². The molecule has 0 bridgehead atoms. The standard InChI is InChI=1S/C24H20N2O4/c1-16(24(27)26-14-18-4-11-22-23(12-18)29-15-28-22)30-21-9-7-20(8-10-21)19-5-2-17(13-25)3-6-19/h2-12,16H,14-15H2,1H3,(H,26,27). The lowest BCUT2D eigenvalue weighted by molar-refractivity contribution is -0.127. The average molecular weight is 400 g/mol. The summed E-state index contributed by atoms with van der Waals surface area (Å²) in [6.45, 7) is 2.31. The quantitative estimate of drug-likeness (QED) is 0.676. The molecule has 0 saturated heterocycles. The molecule has 1 heterocycles. The van der Waals surface area contributed by atoms with Crippen molar-refractivity contribution in [2.24, 2.45) is 0 Å². The number of benzene rings is 3. The summed E-state index contributed by atoms with van der Waals surface area (Å²) in [5.41, 5.74) is 3.56. The van der Waals surface area contributed by atoms with Crippen molar-refractivity contribution in [3.8, 4) is 34.4 Å². The molecular weight excluding hydrogens is 380 g/mol. The first-order valence-electron chi connectivity index (χ1n) is 9.56. The summed E-state index contributed by atoms with van der Waals surface area (Å²) in [7, 11) is 0. The molecule has 1 aliphatic rings.